The van der Waals surface area contributed by atoms with E-state index >= 15 is 0 Å². The molecule has 0 spiro atoms. The van der Waals surface area contributed by atoms with Crippen molar-refractivity contribution in [3.63, 3.8) is 0 Å². The Morgan fingerprint density at radius 3 is 3.14 bits per heavy atom. The Balaban J connectivity index is 1.58. The first-order valence-electron chi connectivity index (χ1n) is 6.63. The summed E-state index contributed by atoms with van der Waals surface area (Å²) in [5, 5.41) is 2.81. The predicted molar refractivity (Wildman–Crippen MR) is 74.7 cm³/mol. The van der Waals surface area contributed by atoms with Crippen molar-refractivity contribution >= 4 is 11.7 Å². The lowest BCUT2D eigenvalue weighted by atomic mass is 10.3. The number of anilines is 1. The van der Waals surface area contributed by atoms with Crippen molar-refractivity contribution < 1.29 is 9.53 Å². The molecule has 0 unspecified atom stereocenters. The van der Waals surface area contributed by atoms with Crippen molar-refractivity contribution in [2.75, 3.05) is 25.2 Å². The van der Waals surface area contributed by atoms with Gasteiger partial charge in [0, 0.05) is 32.5 Å². The van der Waals surface area contributed by atoms with E-state index in [0.717, 1.165) is 11.5 Å². The molecule has 2 aromatic heterocycles. The number of fused-ring (bicyclic) bond motifs is 1. The van der Waals surface area contributed by atoms with E-state index in [1.165, 1.54) is 18.6 Å². The number of carbonyl (C=O) groups excluding carboxylic acids is 1. The van der Waals surface area contributed by atoms with Crippen LogP contribution in [0.2, 0.25) is 0 Å². The summed E-state index contributed by atoms with van der Waals surface area (Å²) >= 11 is 0. The summed E-state index contributed by atoms with van der Waals surface area (Å²) in [5.41, 5.74) is 1.34. The van der Waals surface area contributed by atoms with Gasteiger partial charge in [0.25, 0.3) is 5.91 Å². The van der Waals surface area contributed by atoms with Gasteiger partial charge in [-0.25, -0.2) is 9.97 Å². The molecular formula is C13H16N6O2. The number of hydrogen-bond acceptors (Lipinski definition) is 6. The second-order valence-corrected chi connectivity index (χ2v) is 4.73. The molecule has 21 heavy (non-hydrogen) atoms. The predicted octanol–water partition coefficient (Wildman–Crippen LogP) is 0.0270. The summed E-state index contributed by atoms with van der Waals surface area (Å²) in [6.07, 6.45) is 6.24. The number of hydrogen-bond donors (Lipinski definition) is 1. The van der Waals surface area contributed by atoms with Crippen LogP contribution in [0.25, 0.3) is 0 Å². The fourth-order valence-corrected chi connectivity index (χ4v) is 2.19. The second kappa shape index (κ2) is 5.88. The molecule has 3 rings (SSSR count). The molecule has 110 valence electrons. The van der Waals surface area contributed by atoms with Crippen LogP contribution in [0.15, 0.2) is 24.9 Å². The van der Waals surface area contributed by atoms with Crippen molar-refractivity contribution in [3.05, 3.63) is 36.3 Å². The Morgan fingerprint density at radius 2 is 2.33 bits per heavy atom. The van der Waals surface area contributed by atoms with Crippen LogP contribution in [0.5, 0.6) is 0 Å². The van der Waals surface area contributed by atoms with Gasteiger partial charge in [-0.3, -0.25) is 9.78 Å². The summed E-state index contributed by atoms with van der Waals surface area (Å²) in [7, 11) is 1.94. The molecule has 1 amide bonds. The number of ether oxygens (including phenoxy) is 1. The molecule has 0 fully saturated rings. The molecule has 1 N–H and O–H groups in total. The molecule has 0 radical (unpaired) electrons. The molecule has 1 aliphatic heterocycles. The minimum Gasteiger partial charge on any atom is -0.355 e. The Morgan fingerprint density at radius 1 is 1.43 bits per heavy atom. The van der Waals surface area contributed by atoms with Crippen molar-refractivity contribution in [2.45, 2.75) is 13.2 Å². The highest BCUT2D eigenvalue weighted by molar-refractivity contribution is 5.91. The van der Waals surface area contributed by atoms with E-state index in [9.17, 15) is 4.79 Å². The molecule has 8 nitrogen and oxygen atoms in total. The average Bonchev–Trinajstić information content (AvgIpc) is 2.93. The van der Waals surface area contributed by atoms with Gasteiger partial charge in [0.1, 0.15) is 12.4 Å². The number of carbonyl (C=O) groups is 1. The molecule has 2 aromatic rings. The highest BCUT2D eigenvalue weighted by Gasteiger charge is 2.19. The maximum absolute atomic E-state index is 11.8. The second-order valence-electron chi connectivity index (χ2n) is 4.73. The van der Waals surface area contributed by atoms with Crippen LogP contribution in [0.1, 0.15) is 16.2 Å². The molecule has 1 aliphatic rings. The van der Waals surface area contributed by atoms with Crippen LogP contribution in [0.4, 0.5) is 5.82 Å². The van der Waals surface area contributed by atoms with E-state index < -0.39 is 0 Å². The lowest BCUT2D eigenvalue weighted by Gasteiger charge is -2.24. The van der Waals surface area contributed by atoms with E-state index in [2.05, 4.69) is 20.3 Å². The lowest BCUT2D eigenvalue weighted by Crippen LogP contribution is -2.30. The van der Waals surface area contributed by atoms with Gasteiger partial charge in [-0.2, -0.15) is 0 Å². The molecule has 0 aromatic carbocycles. The van der Waals surface area contributed by atoms with Crippen LogP contribution >= 0.6 is 0 Å². The third kappa shape index (κ3) is 2.84. The van der Waals surface area contributed by atoms with E-state index in [4.69, 9.17) is 4.74 Å². The van der Waals surface area contributed by atoms with E-state index in [0.29, 0.717) is 32.1 Å². The van der Waals surface area contributed by atoms with Crippen molar-refractivity contribution in [3.8, 4) is 0 Å². The monoisotopic (exact) mass is 288 g/mol. The van der Waals surface area contributed by atoms with Gasteiger partial charge in [0.15, 0.2) is 5.82 Å². The zero-order valence-corrected chi connectivity index (χ0v) is 11.7. The lowest BCUT2D eigenvalue weighted by molar-refractivity contribution is 0.0945. The SMILES string of the molecule is CN1COCc2c1ncn2CCNC(=O)c1cnccn1. The van der Waals surface area contributed by atoms with Crippen LogP contribution in [-0.2, 0) is 17.9 Å². The molecular weight excluding hydrogens is 272 g/mol. The highest BCUT2D eigenvalue weighted by Crippen LogP contribution is 2.22. The van der Waals surface area contributed by atoms with E-state index in [1.54, 1.807) is 6.33 Å². The summed E-state index contributed by atoms with van der Waals surface area (Å²) in [5.74, 6) is 0.701. The third-order valence-electron chi connectivity index (χ3n) is 3.24. The maximum Gasteiger partial charge on any atom is 0.271 e. The third-order valence-corrected chi connectivity index (χ3v) is 3.24. The first-order chi connectivity index (χ1) is 10.3. The largest absolute Gasteiger partial charge is 0.355 e. The highest BCUT2D eigenvalue weighted by atomic mass is 16.5. The fourth-order valence-electron chi connectivity index (χ4n) is 2.19. The summed E-state index contributed by atoms with van der Waals surface area (Å²) in [4.78, 5) is 26.0. The van der Waals surface area contributed by atoms with Gasteiger partial charge in [-0.05, 0) is 0 Å². The van der Waals surface area contributed by atoms with Crippen molar-refractivity contribution in [1.82, 2.24) is 24.8 Å². The minimum atomic E-state index is -0.231. The number of nitrogens with zero attached hydrogens (tertiary/aromatic N) is 5. The topological polar surface area (TPSA) is 85.2 Å². The number of rotatable bonds is 4. The van der Waals surface area contributed by atoms with Crippen LogP contribution < -0.4 is 10.2 Å². The molecule has 0 bridgehead atoms. The standard InChI is InChI=1S/C13H16N6O2/c1-18-9-21-7-11-12(18)17-8-19(11)5-4-16-13(20)10-6-14-2-3-15-10/h2-3,6,8H,4-5,7,9H2,1H3,(H,16,20). The van der Waals surface area contributed by atoms with Gasteiger partial charge < -0.3 is 19.5 Å². The van der Waals surface area contributed by atoms with Crippen LogP contribution in [-0.4, -0.2) is 45.7 Å². The number of amides is 1. The maximum atomic E-state index is 11.8. The molecule has 8 heteroatoms. The summed E-state index contributed by atoms with van der Waals surface area (Å²) < 4.78 is 7.45. The molecule has 0 saturated carbocycles. The zero-order valence-electron chi connectivity index (χ0n) is 11.7. The van der Waals surface area contributed by atoms with Gasteiger partial charge in [0.05, 0.1) is 24.8 Å². The van der Waals surface area contributed by atoms with Crippen LogP contribution in [0, 0.1) is 0 Å². The van der Waals surface area contributed by atoms with E-state index in [1.807, 2.05) is 16.5 Å². The Hall–Kier alpha value is -2.48. The zero-order chi connectivity index (χ0) is 14.7. The number of nitrogens with one attached hydrogen (secondary N) is 1. The average molecular weight is 288 g/mol. The van der Waals surface area contributed by atoms with Crippen LogP contribution in [0.3, 0.4) is 0 Å². The summed E-state index contributed by atoms with van der Waals surface area (Å²) in [6.45, 7) is 2.21. The van der Waals surface area contributed by atoms with Gasteiger partial charge in [-0.1, -0.05) is 0 Å². The number of imidazole rings is 1. The first kappa shape index (κ1) is 13.5. The quantitative estimate of drug-likeness (QED) is 0.854. The molecule has 0 saturated heterocycles. The van der Waals surface area contributed by atoms with Crippen molar-refractivity contribution in [2.24, 2.45) is 0 Å². The summed E-state index contributed by atoms with van der Waals surface area (Å²) in [6, 6.07) is 0. The van der Waals surface area contributed by atoms with Gasteiger partial charge in [-0.15, -0.1) is 0 Å². The Bertz CT molecular complexity index is 627. The van der Waals surface area contributed by atoms with Crippen molar-refractivity contribution in [1.29, 1.82) is 0 Å². The smallest absolute Gasteiger partial charge is 0.271 e. The Kier molecular flexibility index (Phi) is 3.78. The minimum absolute atomic E-state index is 0.231. The Labute approximate surface area is 121 Å². The first-order valence-corrected chi connectivity index (χ1v) is 6.63. The molecule has 0 atom stereocenters. The molecule has 3 heterocycles. The van der Waals surface area contributed by atoms with Gasteiger partial charge in [0.2, 0.25) is 0 Å². The van der Waals surface area contributed by atoms with Gasteiger partial charge >= 0.3 is 0 Å². The van der Waals surface area contributed by atoms with E-state index in [-0.39, 0.29) is 5.91 Å². The fraction of sp³-hybridized carbons (Fsp3) is 0.385. The normalized spacial score (nSPS) is 13.9. The number of aromatic nitrogens is 4. The molecule has 0 aliphatic carbocycles.